The Kier molecular flexibility index (Phi) is 3.64. The van der Waals surface area contributed by atoms with Crippen molar-refractivity contribution in [1.29, 1.82) is 0 Å². The molecular weight excluding hydrogens is 294 g/mol. The zero-order chi connectivity index (χ0) is 13.3. The number of aliphatic imine (C=N–C) groups is 1. The van der Waals surface area contributed by atoms with Crippen molar-refractivity contribution < 1.29 is 4.74 Å². The summed E-state index contributed by atoms with van der Waals surface area (Å²) in [4.78, 5) is 6.42. The fraction of sp³-hybridized carbons (Fsp3) is 0.462. The molecule has 1 aliphatic rings. The highest BCUT2D eigenvalue weighted by Crippen LogP contribution is 2.33. The van der Waals surface area contributed by atoms with Crippen LogP contribution in [0.2, 0.25) is 0 Å². The van der Waals surface area contributed by atoms with E-state index in [4.69, 9.17) is 10.5 Å². The highest BCUT2D eigenvalue weighted by Gasteiger charge is 2.43. The Labute approximate surface area is 116 Å². The number of halogens is 1. The van der Waals surface area contributed by atoms with Gasteiger partial charge in [0.2, 0.25) is 0 Å². The minimum absolute atomic E-state index is 0.0290. The molecule has 2 atom stereocenters. The van der Waals surface area contributed by atoms with Gasteiger partial charge in [-0.1, -0.05) is 22.0 Å². The van der Waals surface area contributed by atoms with Crippen molar-refractivity contribution in [2.45, 2.75) is 25.5 Å². The Morgan fingerprint density at radius 1 is 1.56 bits per heavy atom. The number of nitrogens with two attached hydrogens (primary N) is 1. The van der Waals surface area contributed by atoms with Gasteiger partial charge in [-0.3, -0.25) is 4.99 Å². The van der Waals surface area contributed by atoms with Crippen LogP contribution in [0.3, 0.4) is 0 Å². The van der Waals surface area contributed by atoms with Crippen molar-refractivity contribution in [1.82, 2.24) is 0 Å². The lowest BCUT2D eigenvalue weighted by atomic mass is 9.94. The van der Waals surface area contributed by atoms with Gasteiger partial charge in [0.1, 0.15) is 0 Å². The van der Waals surface area contributed by atoms with Crippen LogP contribution < -0.4 is 10.6 Å². The van der Waals surface area contributed by atoms with Crippen LogP contribution in [0.5, 0.6) is 0 Å². The van der Waals surface area contributed by atoms with E-state index in [1.165, 1.54) is 0 Å². The normalized spacial score (nSPS) is 25.1. The molecule has 4 nitrogen and oxygen atoms in total. The van der Waals surface area contributed by atoms with E-state index in [1.54, 1.807) is 7.11 Å². The fourth-order valence-electron chi connectivity index (χ4n) is 2.25. The molecule has 0 fully saturated rings. The van der Waals surface area contributed by atoms with Crippen molar-refractivity contribution in [3.63, 3.8) is 0 Å². The number of methoxy groups -OCH3 is 1. The second-order valence-electron chi connectivity index (χ2n) is 4.72. The first-order valence-corrected chi connectivity index (χ1v) is 6.67. The van der Waals surface area contributed by atoms with E-state index < -0.39 is 0 Å². The predicted molar refractivity (Wildman–Crippen MR) is 78.0 cm³/mol. The van der Waals surface area contributed by atoms with E-state index in [1.807, 2.05) is 36.1 Å². The molecule has 98 valence electrons. The monoisotopic (exact) mass is 311 g/mol. The van der Waals surface area contributed by atoms with Crippen LogP contribution in [0.25, 0.3) is 0 Å². The summed E-state index contributed by atoms with van der Waals surface area (Å²) in [6.07, 6.45) is 0.0290. The Balaban J connectivity index is 2.42. The molecule has 0 aliphatic carbocycles. The van der Waals surface area contributed by atoms with Crippen molar-refractivity contribution in [2.24, 2.45) is 10.7 Å². The van der Waals surface area contributed by atoms with Crippen LogP contribution in [0, 0.1) is 0 Å². The molecule has 1 aromatic rings. The maximum atomic E-state index is 6.03. The highest BCUT2D eigenvalue weighted by molar-refractivity contribution is 9.10. The van der Waals surface area contributed by atoms with Gasteiger partial charge in [0.15, 0.2) is 5.96 Å². The molecule has 0 saturated carbocycles. The predicted octanol–water partition coefficient (Wildman–Crippen LogP) is 2.38. The van der Waals surface area contributed by atoms with Crippen LogP contribution >= 0.6 is 15.9 Å². The van der Waals surface area contributed by atoms with E-state index in [2.05, 4.69) is 27.8 Å². The molecule has 1 heterocycles. The lowest BCUT2D eigenvalue weighted by Gasteiger charge is -2.40. The minimum atomic E-state index is -0.250. The number of hydrogen-bond acceptors (Lipinski definition) is 4. The lowest BCUT2D eigenvalue weighted by molar-refractivity contribution is 0.0645. The van der Waals surface area contributed by atoms with E-state index in [-0.39, 0.29) is 11.6 Å². The van der Waals surface area contributed by atoms with Crippen molar-refractivity contribution >= 4 is 27.6 Å². The van der Waals surface area contributed by atoms with Gasteiger partial charge < -0.3 is 15.4 Å². The smallest absolute Gasteiger partial charge is 0.196 e. The summed E-state index contributed by atoms with van der Waals surface area (Å²) < 4.78 is 6.51. The molecule has 0 saturated heterocycles. The summed E-state index contributed by atoms with van der Waals surface area (Å²) in [6, 6.07) is 8.04. The van der Waals surface area contributed by atoms with Gasteiger partial charge in [0.05, 0.1) is 18.2 Å². The summed E-state index contributed by atoms with van der Waals surface area (Å²) in [6.45, 7) is 4.80. The summed E-state index contributed by atoms with van der Waals surface area (Å²) in [7, 11) is 1.71. The van der Waals surface area contributed by atoms with E-state index in [0.717, 1.165) is 10.2 Å². The molecule has 1 aromatic carbocycles. The first-order valence-electron chi connectivity index (χ1n) is 5.87. The molecule has 5 heteroatoms. The van der Waals surface area contributed by atoms with Gasteiger partial charge in [0.25, 0.3) is 0 Å². The van der Waals surface area contributed by atoms with Crippen LogP contribution in [0.1, 0.15) is 13.8 Å². The molecule has 2 rings (SSSR count). The largest absolute Gasteiger partial charge is 0.379 e. The van der Waals surface area contributed by atoms with Crippen molar-refractivity contribution in [3.05, 3.63) is 28.7 Å². The number of guanidine groups is 1. The fourth-order valence-corrected chi connectivity index (χ4v) is 2.64. The Morgan fingerprint density at radius 3 is 2.89 bits per heavy atom. The third-order valence-electron chi connectivity index (χ3n) is 3.60. The van der Waals surface area contributed by atoms with E-state index in [9.17, 15) is 0 Å². The number of hydrogen-bond donors (Lipinski definition) is 1. The maximum Gasteiger partial charge on any atom is 0.196 e. The maximum absolute atomic E-state index is 6.03. The summed E-state index contributed by atoms with van der Waals surface area (Å²) in [5.74, 6) is 0.541. The number of rotatable bonds is 3. The summed E-state index contributed by atoms with van der Waals surface area (Å²) >= 11 is 3.48. The van der Waals surface area contributed by atoms with Gasteiger partial charge >= 0.3 is 0 Å². The van der Waals surface area contributed by atoms with E-state index >= 15 is 0 Å². The topological polar surface area (TPSA) is 50.9 Å². The summed E-state index contributed by atoms with van der Waals surface area (Å²) in [5, 5.41) is 0. The molecule has 0 radical (unpaired) electrons. The molecule has 0 bridgehead atoms. The Morgan fingerprint density at radius 2 is 2.28 bits per heavy atom. The second-order valence-corrected chi connectivity index (χ2v) is 5.64. The first kappa shape index (κ1) is 13.4. The molecular formula is C13H18BrN3O. The van der Waals surface area contributed by atoms with Crippen LogP contribution in [0.4, 0.5) is 5.69 Å². The number of benzene rings is 1. The van der Waals surface area contributed by atoms with Gasteiger partial charge in [-0.15, -0.1) is 0 Å². The molecule has 0 aromatic heterocycles. The second kappa shape index (κ2) is 4.90. The number of nitrogens with zero attached hydrogens (tertiary/aromatic N) is 2. The Bertz CT molecular complexity index is 477. The van der Waals surface area contributed by atoms with Crippen LogP contribution in [-0.2, 0) is 4.74 Å². The number of ether oxygens (including phenoxy) is 1. The van der Waals surface area contributed by atoms with Crippen molar-refractivity contribution in [2.75, 3.05) is 18.6 Å². The quantitative estimate of drug-likeness (QED) is 0.932. The zero-order valence-electron chi connectivity index (χ0n) is 10.9. The SMILES string of the molecule is COC(C)C1(C)CN=C(N)N1c1cccc(Br)c1. The van der Waals surface area contributed by atoms with Gasteiger partial charge in [-0.05, 0) is 32.0 Å². The van der Waals surface area contributed by atoms with Crippen LogP contribution in [0.15, 0.2) is 33.7 Å². The van der Waals surface area contributed by atoms with Gasteiger partial charge in [-0.25, -0.2) is 0 Å². The number of anilines is 1. The highest BCUT2D eigenvalue weighted by atomic mass is 79.9. The standard InChI is InChI=1S/C13H18BrN3O/c1-9(18-3)13(2)8-16-12(15)17(13)11-6-4-5-10(14)7-11/h4-7,9H,8H2,1-3H3,(H2,15,16). The molecule has 18 heavy (non-hydrogen) atoms. The van der Waals surface area contributed by atoms with Crippen LogP contribution in [-0.4, -0.2) is 31.3 Å². The molecule has 2 unspecified atom stereocenters. The van der Waals surface area contributed by atoms with Gasteiger partial charge in [0, 0.05) is 17.3 Å². The zero-order valence-corrected chi connectivity index (χ0v) is 12.4. The first-order chi connectivity index (χ1) is 8.49. The molecule has 0 amide bonds. The molecule has 0 spiro atoms. The third kappa shape index (κ3) is 2.12. The average molecular weight is 312 g/mol. The van der Waals surface area contributed by atoms with Gasteiger partial charge in [-0.2, -0.15) is 0 Å². The van der Waals surface area contributed by atoms with Crippen molar-refractivity contribution in [3.8, 4) is 0 Å². The average Bonchev–Trinajstić information content (AvgIpc) is 2.65. The Hall–Kier alpha value is -1.07. The molecule has 2 N–H and O–H groups in total. The third-order valence-corrected chi connectivity index (χ3v) is 4.09. The van der Waals surface area contributed by atoms with E-state index in [0.29, 0.717) is 12.5 Å². The summed E-state index contributed by atoms with van der Waals surface area (Å²) in [5.41, 5.74) is 6.81. The molecule has 1 aliphatic heterocycles. The minimum Gasteiger partial charge on any atom is -0.379 e. The lowest BCUT2D eigenvalue weighted by Crippen LogP contribution is -2.56.